The number of rotatable bonds is 1. The monoisotopic (exact) mass is 325 g/mol. The Morgan fingerprint density at radius 2 is 1.68 bits per heavy atom. The first-order valence-electron chi connectivity index (χ1n) is 8.91. The Morgan fingerprint density at radius 3 is 2.52 bits per heavy atom. The Morgan fingerprint density at radius 1 is 0.880 bits per heavy atom. The number of halogens is 1. The van der Waals surface area contributed by atoms with Crippen molar-refractivity contribution in [1.29, 1.82) is 0 Å². The lowest BCUT2D eigenvalue weighted by Crippen LogP contribution is -2.24. The first-order valence-corrected chi connectivity index (χ1v) is 8.91. The van der Waals surface area contributed by atoms with Gasteiger partial charge in [-0.1, -0.05) is 66.7 Å². The summed E-state index contributed by atoms with van der Waals surface area (Å²) in [7, 11) is 0. The van der Waals surface area contributed by atoms with E-state index in [0.29, 0.717) is 0 Å². The number of hydrogen-bond acceptors (Lipinski definition) is 0. The highest BCUT2D eigenvalue weighted by Gasteiger charge is 2.27. The van der Waals surface area contributed by atoms with Crippen LogP contribution in [-0.2, 0) is 6.42 Å². The molecular weight excluding hydrogens is 307 g/mol. The minimum atomic E-state index is -0.319. The van der Waals surface area contributed by atoms with Crippen LogP contribution in [0.4, 0.5) is 4.39 Å². The van der Waals surface area contributed by atoms with Gasteiger partial charge in [0, 0.05) is 5.22 Å². The lowest BCUT2D eigenvalue weighted by atomic mass is 9.79. The molecule has 25 heavy (non-hydrogen) atoms. The van der Waals surface area contributed by atoms with Crippen molar-refractivity contribution >= 4 is 11.9 Å². The van der Waals surface area contributed by atoms with Crippen LogP contribution < -0.4 is 10.4 Å². The molecule has 0 saturated carbocycles. The van der Waals surface area contributed by atoms with Crippen molar-refractivity contribution in [2.45, 2.75) is 25.2 Å². The summed E-state index contributed by atoms with van der Waals surface area (Å²) in [4.78, 5) is 0. The Balaban J connectivity index is 2.00. The van der Waals surface area contributed by atoms with E-state index >= 15 is 4.39 Å². The van der Waals surface area contributed by atoms with Gasteiger partial charge in [-0.05, 0) is 57.7 Å². The van der Waals surface area contributed by atoms with E-state index in [-0.39, 0.29) is 11.7 Å². The van der Waals surface area contributed by atoms with Crippen LogP contribution >= 0.6 is 0 Å². The summed E-state index contributed by atoms with van der Waals surface area (Å²) >= 11 is 0. The lowest BCUT2D eigenvalue weighted by molar-refractivity contribution is 0.673. The molecular formula is C24H18F. The van der Waals surface area contributed by atoms with E-state index < -0.39 is 0 Å². The van der Waals surface area contributed by atoms with E-state index in [1.54, 1.807) is 0 Å². The molecule has 2 aliphatic rings. The second-order valence-electron chi connectivity index (χ2n) is 6.85. The van der Waals surface area contributed by atoms with Gasteiger partial charge in [-0.2, -0.15) is 0 Å². The summed E-state index contributed by atoms with van der Waals surface area (Å²) in [5.74, 6) is -0.353. The van der Waals surface area contributed by atoms with Crippen LogP contribution in [0.15, 0.2) is 60.7 Å². The van der Waals surface area contributed by atoms with Crippen LogP contribution in [0.5, 0.6) is 0 Å². The van der Waals surface area contributed by atoms with Gasteiger partial charge in [-0.15, -0.1) is 0 Å². The van der Waals surface area contributed by atoms with Crippen molar-refractivity contribution in [2.75, 3.05) is 0 Å². The predicted octanol–water partition coefficient (Wildman–Crippen LogP) is 4.11. The normalized spacial score (nSPS) is 18.0. The Kier molecular flexibility index (Phi) is 3.34. The molecule has 0 saturated heterocycles. The first-order chi connectivity index (χ1) is 12.3. The molecule has 2 aliphatic carbocycles. The summed E-state index contributed by atoms with van der Waals surface area (Å²) in [6.45, 7) is 0. The number of fused-ring (bicyclic) bond motifs is 4. The maximum absolute atomic E-state index is 15.7. The molecule has 0 heterocycles. The zero-order valence-electron chi connectivity index (χ0n) is 13.9. The van der Waals surface area contributed by atoms with Crippen molar-refractivity contribution in [1.82, 2.24) is 0 Å². The molecule has 0 spiro atoms. The lowest BCUT2D eigenvalue weighted by Gasteiger charge is -2.25. The second-order valence-corrected chi connectivity index (χ2v) is 6.85. The van der Waals surface area contributed by atoms with E-state index in [0.717, 1.165) is 40.8 Å². The molecule has 0 nitrogen and oxygen atoms in total. The third-order valence-electron chi connectivity index (χ3n) is 5.48. The topological polar surface area (TPSA) is 0 Å². The van der Waals surface area contributed by atoms with Gasteiger partial charge in [-0.3, -0.25) is 0 Å². The van der Waals surface area contributed by atoms with Gasteiger partial charge >= 0.3 is 0 Å². The second kappa shape index (κ2) is 5.70. The smallest absolute Gasteiger partial charge is 0.120 e. The van der Waals surface area contributed by atoms with Crippen LogP contribution in [-0.4, -0.2) is 0 Å². The first kappa shape index (κ1) is 14.7. The Labute approximate surface area is 146 Å². The maximum Gasteiger partial charge on any atom is 0.120 e. The average molecular weight is 325 g/mol. The van der Waals surface area contributed by atoms with Gasteiger partial charge in [-0.25, -0.2) is 4.39 Å². The largest absolute Gasteiger partial charge is 0.210 e. The van der Waals surface area contributed by atoms with Crippen molar-refractivity contribution < 1.29 is 4.39 Å². The average Bonchev–Trinajstić information content (AvgIpc) is 2.69. The van der Waals surface area contributed by atoms with E-state index in [4.69, 9.17) is 0 Å². The molecule has 1 atom stereocenters. The fourth-order valence-corrected chi connectivity index (χ4v) is 4.37. The van der Waals surface area contributed by atoms with Crippen LogP contribution in [0.3, 0.4) is 0 Å². The van der Waals surface area contributed by atoms with Gasteiger partial charge in [0.25, 0.3) is 0 Å². The minimum absolute atomic E-state index is 0.0340. The van der Waals surface area contributed by atoms with E-state index in [1.807, 2.05) is 48.5 Å². The van der Waals surface area contributed by atoms with Gasteiger partial charge in [0.1, 0.15) is 5.83 Å². The fraction of sp³-hybridized carbons (Fsp3) is 0.167. The zero-order valence-corrected chi connectivity index (χ0v) is 13.9. The highest BCUT2D eigenvalue weighted by atomic mass is 19.1. The van der Waals surface area contributed by atoms with E-state index in [2.05, 4.69) is 24.3 Å². The summed E-state index contributed by atoms with van der Waals surface area (Å²) < 4.78 is 15.7. The molecule has 0 aromatic heterocycles. The van der Waals surface area contributed by atoms with Crippen LogP contribution in [0.25, 0.3) is 11.9 Å². The summed E-state index contributed by atoms with van der Waals surface area (Å²) in [5.41, 5.74) is 3.49. The van der Waals surface area contributed by atoms with Crippen LogP contribution in [0, 0.1) is 16.5 Å². The number of benzene rings is 3. The van der Waals surface area contributed by atoms with E-state index in [9.17, 15) is 0 Å². The molecule has 1 radical (unpaired) electrons. The van der Waals surface area contributed by atoms with Gasteiger partial charge in [0.2, 0.25) is 0 Å². The standard InChI is InChI=1S/C24H18F/c25-24-21-13-7-6-12-19(21)20-15-14-16-8-4-5-11-18(16)23(20)22(24)17-9-2-1-3-10-17/h2-3,6-10,12-15,22H,4-5,11H2. The molecule has 1 unspecified atom stereocenters. The molecule has 3 aromatic rings. The summed E-state index contributed by atoms with van der Waals surface area (Å²) in [6, 6.07) is 23.1. The third-order valence-corrected chi connectivity index (χ3v) is 5.48. The molecule has 0 bridgehead atoms. The number of hydrogen-bond donors (Lipinski definition) is 0. The predicted molar refractivity (Wildman–Crippen MR) is 98.8 cm³/mol. The molecule has 121 valence electrons. The van der Waals surface area contributed by atoms with Crippen LogP contribution in [0.1, 0.15) is 35.4 Å². The maximum atomic E-state index is 15.7. The third kappa shape index (κ3) is 2.19. The molecule has 3 aromatic carbocycles. The zero-order chi connectivity index (χ0) is 16.8. The molecule has 1 heteroatoms. The molecule has 0 aliphatic heterocycles. The molecule has 0 N–H and O–H groups in total. The van der Waals surface area contributed by atoms with Crippen molar-refractivity contribution in [2.24, 2.45) is 0 Å². The van der Waals surface area contributed by atoms with Crippen molar-refractivity contribution in [3.05, 3.63) is 104 Å². The Hall–Kier alpha value is -2.67. The van der Waals surface area contributed by atoms with Gasteiger partial charge in [0.15, 0.2) is 0 Å². The molecule has 0 fully saturated rings. The van der Waals surface area contributed by atoms with Crippen molar-refractivity contribution in [3.8, 4) is 0 Å². The minimum Gasteiger partial charge on any atom is -0.210 e. The van der Waals surface area contributed by atoms with E-state index in [1.165, 1.54) is 16.0 Å². The molecule has 5 rings (SSSR count). The quantitative estimate of drug-likeness (QED) is 0.631. The highest BCUT2D eigenvalue weighted by molar-refractivity contribution is 5.62. The van der Waals surface area contributed by atoms with Gasteiger partial charge < -0.3 is 0 Å². The van der Waals surface area contributed by atoms with Crippen molar-refractivity contribution in [3.63, 3.8) is 0 Å². The summed E-state index contributed by atoms with van der Waals surface area (Å²) in [5, 5.41) is 4.21. The van der Waals surface area contributed by atoms with Crippen LogP contribution in [0.2, 0.25) is 0 Å². The highest BCUT2D eigenvalue weighted by Crippen LogP contribution is 2.37. The SMILES string of the molecule is FC1=c2ccccc2=c2ccc3c(c2C1c1cc[c]cc1)CCCC=3. The fourth-order valence-electron chi connectivity index (χ4n) is 4.37. The summed E-state index contributed by atoms with van der Waals surface area (Å²) in [6.07, 6.45) is 5.58. The Bertz CT molecular complexity index is 1170. The van der Waals surface area contributed by atoms with Gasteiger partial charge in [0.05, 0.1) is 5.92 Å². The molecule has 0 amide bonds.